The molecule has 1 atom stereocenters. The number of fused-ring (bicyclic) bond motifs is 1. The Morgan fingerprint density at radius 2 is 2.14 bits per heavy atom. The molecule has 2 amide bonds. The van der Waals surface area contributed by atoms with E-state index in [1.54, 1.807) is 23.2 Å². The molecule has 1 unspecified atom stereocenters. The summed E-state index contributed by atoms with van der Waals surface area (Å²) in [5, 5.41) is 8.77. The van der Waals surface area contributed by atoms with Crippen LogP contribution in [-0.2, 0) is 7.05 Å². The lowest BCUT2D eigenvalue weighted by molar-refractivity contribution is 0.223. The van der Waals surface area contributed by atoms with E-state index < -0.39 is 0 Å². The van der Waals surface area contributed by atoms with Crippen molar-refractivity contribution in [3.8, 4) is 6.07 Å². The molecule has 0 spiro atoms. The highest BCUT2D eigenvalue weighted by atomic mass is 16.2. The van der Waals surface area contributed by atoms with Gasteiger partial charge in [-0.05, 0) is 19.8 Å². The number of nitriles is 1. The Kier molecular flexibility index (Phi) is 4.32. The topological polar surface area (TPSA) is 65.2 Å². The van der Waals surface area contributed by atoms with Crippen molar-refractivity contribution < 1.29 is 4.79 Å². The van der Waals surface area contributed by atoms with Crippen LogP contribution in [-0.4, -0.2) is 34.1 Å². The van der Waals surface area contributed by atoms with Crippen LogP contribution >= 0.6 is 0 Å². The number of aromatic nitrogens is 2. The van der Waals surface area contributed by atoms with Gasteiger partial charge in [0.05, 0.1) is 18.1 Å². The Morgan fingerprint density at radius 3 is 2.81 bits per heavy atom. The van der Waals surface area contributed by atoms with Gasteiger partial charge in [0.1, 0.15) is 5.69 Å². The standard InChI is InChI=1S/C15H21N5O/c1-11(9-16)7-5-6-8-20-12(2)13-14(17-10-18(13)3)19(4)15(20)21/h10-11H,2,5-8H2,1,3-4H3. The van der Waals surface area contributed by atoms with E-state index in [4.69, 9.17) is 5.26 Å². The lowest BCUT2D eigenvalue weighted by Crippen LogP contribution is -2.44. The van der Waals surface area contributed by atoms with Crippen molar-refractivity contribution in [1.29, 1.82) is 5.26 Å². The zero-order valence-corrected chi connectivity index (χ0v) is 12.8. The van der Waals surface area contributed by atoms with Gasteiger partial charge >= 0.3 is 6.03 Å². The molecule has 0 bridgehead atoms. The third-order valence-corrected chi connectivity index (χ3v) is 3.84. The van der Waals surface area contributed by atoms with E-state index in [-0.39, 0.29) is 11.9 Å². The summed E-state index contributed by atoms with van der Waals surface area (Å²) < 4.78 is 1.88. The largest absolute Gasteiger partial charge is 0.331 e. The van der Waals surface area contributed by atoms with Gasteiger partial charge < -0.3 is 4.57 Å². The molecule has 2 rings (SSSR count). The zero-order valence-electron chi connectivity index (χ0n) is 12.8. The van der Waals surface area contributed by atoms with E-state index in [9.17, 15) is 4.79 Å². The highest BCUT2D eigenvalue weighted by molar-refractivity contribution is 6.02. The first-order chi connectivity index (χ1) is 9.97. The molecule has 6 heteroatoms. The molecular weight excluding hydrogens is 266 g/mol. The van der Waals surface area contributed by atoms with Gasteiger partial charge in [-0.1, -0.05) is 13.0 Å². The molecule has 0 radical (unpaired) electrons. The summed E-state index contributed by atoms with van der Waals surface area (Å²) in [6.45, 7) is 6.58. The van der Waals surface area contributed by atoms with E-state index >= 15 is 0 Å². The monoisotopic (exact) mass is 287 g/mol. The molecule has 112 valence electrons. The third kappa shape index (κ3) is 2.77. The molecule has 21 heavy (non-hydrogen) atoms. The van der Waals surface area contributed by atoms with Gasteiger partial charge in [-0.25, -0.2) is 9.78 Å². The number of unbranched alkanes of at least 4 members (excludes halogenated alkanes) is 1. The summed E-state index contributed by atoms with van der Waals surface area (Å²) in [5.41, 5.74) is 1.57. The van der Waals surface area contributed by atoms with Crippen LogP contribution in [0.5, 0.6) is 0 Å². The van der Waals surface area contributed by atoms with E-state index in [2.05, 4.69) is 17.6 Å². The molecule has 1 aliphatic heterocycles. The number of nitrogens with zero attached hydrogens (tertiary/aromatic N) is 5. The second-order valence-electron chi connectivity index (χ2n) is 5.49. The maximum absolute atomic E-state index is 12.4. The molecule has 6 nitrogen and oxygen atoms in total. The fraction of sp³-hybridized carbons (Fsp3) is 0.533. The van der Waals surface area contributed by atoms with Gasteiger partial charge in [-0.3, -0.25) is 9.80 Å². The Labute approximate surface area is 125 Å². The van der Waals surface area contributed by atoms with Crippen LogP contribution in [0.25, 0.3) is 5.70 Å². The van der Waals surface area contributed by atoms with Gasteiger partial charge in [-0.15, -0.1) is 0 Å². The summed E-state index contributed by atoms with van der Waals surface area (Å²) in [6.07, 6.45) is 4.33. The SMILES string of the molecule is C=C1c2c(ncn2C)N(C)C(=O)N1CCCCC(C)C#N. The predicted molar refractivity (Wildman–Crippen MR) is 81.4 cm³/mol. The first kappa shape index (κ1) is 15.1. The minimum Gasteiger partial charge on any atom is -0.331 e. The fourth-order valence-electron chi connectivity index (χ4n) is 2.53. The molecule has 0 N–H and O–H groups in total. The van der Waals surface area contributed by atoms with Crippen molar-refractivity contribution in [3.05, 3.63) is 18.6 Å². The number of rotatable bonds is 5. The Hall–Kier alpha value is -2.29. The third-order valence-electron chi connectivity index (χ3n) is 3.84. The highest BCUT2D eigenvalue weighted by Gasteiger charge is 2.33. The summed E-state index contributed by atoms with van der Waals surface area (Å²) in [5.74, 6) is 0.721. The zero-order chi connectivity index (χ0) is 15.6. The molecule has 1 aromatic rings. The maximum atomic E-state index is 12.4. The van der Waals surface area contributed by atoms with Crippen molar-refractivity contribution in [3.63, 3.8) is 0 Å². The summed E-state index contributed by atoms with van der Waals surface area (Å²) >= 11 is 0. The molecular formula is C15H21N5O. The van der Waals surface area contributed by atoms with Crippen molar-refractivity contribution >= 4 is 17.5 Å². The number of hydrogen-bond donors (Lipinski definition) is 0. The molecule has 0 aromatic carbocycles. The predicted octanol–water partition coefficient (Wildman–Crippen LogP) is 2.59. The van der Waals surface area contributed by atoms with Crippen molar-refractivity contribution in [1.82, 2.24) is 14.5 Å². The van der Waals surface area contributed by atoms with Crippen LogP contribution in [0.3, 0.4) is 0 Å². The first-order valence-electron chi connectivity index (χ1n) is 7.12. The van der Waals surface area contributed by atoms with Crippen LogP contribution in [0.15, 0.2) is 12.9 Å². The smallest absolute Gasteiger partial charge is 0.329 e. The number of amides is 2. The fourth-order valence-corrected chi connectivity index (χ4v) is 2.53. The maximum Gasteiger partial charge on any atom is 0.329 e. The quantitative estimate of drug-likeness (QED) is 0.782. The second kappa shape index (κ2) is 6.00. The van der Waals surface area contributed by atoms with Crippen molar-refractivity contribution in [2.24, 2.45) is 13.0 Å². The number of carbonyl (C=O) groups excluding carboxylic acids is 1. The summed E-state index contributed by atoms with van der Waals surface area (Å²) in [7, 11) is 3.62. The Balaban J connectivity index is 2.04. The molecule has 1 aliphatic rings. The lowest BCUT2D eigenvalue weighted by atomic mass is 10.1. The van der Waals surface area contributed by atoms with Gasteiger partial charge in [0.25, 0.3) is 0 Å². The van der Waals surface area contributed by atoms with Gasteiger partial charge in [0.15, 0.2) is 5.82 Å². The Bertz CT molecular complexity index is 598. The second-order valence-corrected chi connectivity index (χ2v) is 5.49. The van der Waals surface area contributed by atoms with Gasteiger partial charge in [0.2, 0.25) is 0 Å². The number of urea groups is 1. The number of aryl methyl sites for hydroxylation is 1. The van der Waals surface area contributed by atoms with Crippen molar-refractivity contribution in [2.45, 2.75) is 26.2 Å². The molecule has 0 saturated carbocycles. The summed E-state index contributed by atoms with van der Waals surface area (Å²) in [4.78, 5) is 19.9. The average Bonchev–Trinajstić information content (AvgIpc) is 2.86. The minimum atomic E-state index is -0.0977. The molecule has 0 aliphatic carbocycles. The molecule has 0 saturated heterocycles. The number of carbonyl (C=O) groups is 1. The first-order valence-corrected chi connectivity index (χ1v) is 7.12. The van der Waals surface area contributed by atoms with Crippen LogP contribution in [0, 0.1) is 17.2 Å². The highest BCUT2D eigenvalue weighted by Crippen LogP contribution is 2.32. The number of imidazole rings is 1. The van der Waals surface area contributed by atoms with E-state index in [0.29, 0.717) is 18.1 Å². The van der Waals surface area contributed by atoms with E-state index in [0.717, 1.165) is 25.0 Å². The van der Waals surface area contributed by atoms with Gasteiger partial charge in [0, 0.05) is 26.6 Å². The van der Waals surface area contributed by atoms with Crippen LogP contribution < -0.4 is 4.90 Å². The lowest BCUT2D eigenvalue weighted by Gasteiger charge is -2.34. The van der Waals surface area contributed by atoms with Crippen LogP contribution in [0.4, 0.5) is 10.6 Å². The van der Waals surface area contributed by atoms with Crippen LogP contribution in [0.2, 0.25) is 0 Å². The normalized spacial score (nSPS) is 15.9. The molecule has 1 aromatic heterocycles. The van der Waals surface area contributed by atoms with E-state index in [1.165, 1.54) is 0 Å². The molecule has 0 fully saturated rings. The molecule has 2 heterocycles. The van der Waals surface area contributed by atoms with Crippen LogP contribution in [0.1, 0.15) is 31.9 Å². The van der Waals surface area contributed by atoms with Crippen molar-refractivity contribution in [2.75, 3.05) is 18.5 Å². The number of anilines is 1. The Morgan fingerprint density at radius 1 is 1.43 bits per heavy atom. The minimum absolute atomic E-state index is 0.0663. The van der Waals surface area contributed by atoms with E-state index in [1.807, 2.05) is 18.5 Å². The summed E-state index contributed by atoms with van der Waals surface area (Å²) in [6, 6.07) is 2.13. The number of hydrogen-bond acceptors (Lipinski definition) is 3. The van der Waals surface area contributed by atoms with Gasteiger partial charge in [-0.2, -0.15) is 5.26 Å². The average molecular weight is 287 g/mol.